The van der Waals surface area contributed by atoms with E-state index in [1.165, 1.54) is 0 Å². The number of aryl methyl sites for hydroxylation is 1. The Morgan fingerprint density at radius 1 is 1.29 bits per heavy atom. The molecule has 4 aromatic heterocycles. The highest BCUT2D eigenvalue weighted by Crippen LogP contribution is 2.21. The molecule has 0 saturated heterocycles. The Bertz CT molecular complexity index is 967. The third-order valence-electron chi connectivity index (χ3n) is 3.69. The topological polar surface area (TPSA) is 110 Å². The highest BCUT2D eigenvalue weighted by Gasteiger charge is 2.09. The number of anilines is 2. The number of rotatable bonds is 4. The van der Waals surface area contributed by atoms with Gasteiger partial charge in [0.1, 0.15) is 0 Å². The molecular weight excluding hydrogens is 304 g/mol. The molecule has 0 radical (unpaired) electrons. The number of hydrogen-bond donors (Lipinski definition) is 3. The van der Waals surface area contributed by atoms with E-state index in [1.54, 1.807) is 23.3 Å². The minimum atomic E-state index is 0.358. The summed E-state index contributed by atoms with van der Waals surface area (Å²) >= 11 is 0. The lowest BCUT2D eigenvalue weighted by Gasteiger charge is -2.08. The number of aromatic nitrogens is 6. The molecule has 0 amide bonds. The molecule has 8 heteroatoms. The van der Waals surface area contributed by atoms with Crippen LogP contribution >= 0.6 is 0 Å². The SMILES string of the molecule is Cn1cc(-c2cnc(N)c(NCc3cc4ncccc4[nH]3)n2)cn1. The van der Waals surface area contributed by atoms with Crippen LogP contribution in [0.2, 0.25) is 0 Å². The summed E-state index contributed by atoms with van der Waals surface area (Å²) in [5, 5.41) is 7.37. The van der Waals surface area contributed by atoms with Crippen molar-refractivity contribution in [3.05, 3.63) is 48.7 Å². The molecule has 0 unspecified atom stereocenters. The Balaban J connectivity index is 1.57. The first kappa shape index (κ1) is 14.2. The number of hydrogen-bond acceptors (Lipinski definition) is 6. The predicted molar refractivity (Wildman–Crippen MR) is 92.1 cm³/mol. The van der Waals surface area contributed by atoms with Gasteiger partial charge in [-0.2, -0.15) is 5.10 Å². The monoisotopic (exact) mass is 320 g/mol. The minimum absolute atomic E-state index is 0.358. The van der Waals surface area contributed by atoms with Gasteiger partial charge in [0.2, 0.25) is 0 Å². The van der Waals surface area contributed by atoms with Crippen molar-refractivity contribution in [1.29, 1.82) is 0 Å². The fourth-order valence-corrected chi connectivity index (χ4v) is 2.51. The molecular formula is C16H16N8. The molecule has 0 fully saturated rings. The molecule has 4 aromatic rings. The minimum Gasteiger partial charge on any atom is -0.381 e. The summed E-state index contributed by atoms with van der Waals surface area (Å²) in [6.07, 6.45) is 7.04. The maximum atomic E-state index is 5.93. The summed E-state index contributed by atoms with van der Waals surface area (Å²) < 4.78 is 1.72. The number of H-pyrrole nitrogens is 1. The van der Waals surface area contributed by atoms with E-state index in [1.807, 2.05) is 31.4 Å². The van der Waals surface area contributed by atoms with E-state index < -0.39 is 0 Å². The zero-order chi connectivity index (χ0) is 16.5. The van der Waals surface area contributed by atoms with Crippen molar-refractivity contribution >= 4 is 22.7 Å². The molecule has 4 rings (SSSR count). The van der Waals surface area contributed by atoms with Crippen LogP contribution in [0, 0.1) is 0 Å². The zero-order valence-corrected chi connectivity index (χ0v) is 13.1. The number of aromatic amines is 1. The molecule has 4 heterocycles. The molecule has 0 spiro atoms. The van der Waals surface area contributed by atoms with Gasteiger partial charge in [0.05, 0.1) is 35.7 Å². The van der Waals surface area contributed by atoms with Crippen molar-refractivity contribution in [2.75, 3.05) is 11.1 Å². The molecule has 0 aliphatic heterocycles. The van der Waals surface area contributed by atoms with Gasteiger partial charge in [-0.05, 0) is 18.2 Å². The van der Waals surface area contributed by atoms with E-state index >= 15 is 0 Å². The van der Waals surface area contributed by atoms with Gasteiger partial charge in [-0.15, -0.1) is 0 Å². The molecule has 120 valence electrons. The molecule has 4 N–H and O–H groups in total. The summed E-state index contributed by atoms with van der Waals surface area (Å²) in [7, 11) is 1.86. The molecule has 0 atom stereocenters. The molecule has 0 aliphatic carbocycles. The van der Waals surface area contributed by atoms with Crippen molar-refractivity contribution in [2.45, 2.75) is 6.54 Å². The van der Waals surface area contributed by atoms with E-state index in [0.29, 0.717) is 18.2 Å². The molecule has 0 aromatic carbocycles. The van der Waals surface area contributed by atoms with Gasteiger partial charge >= 0.3 is 0 Å². The van der Waals surface area contributed by atoms with Crippen LogP contribution in [0.3, 0.4) is 0 Å². The molecule has 8 nitrogen and oxygen atoms in total. The van der Waals surface area contributed by atoms with Crippen LogP contribution in [0.5, 0.6) is 0 Å². The van der Waals surface area contributed by atoms with E-state index in [0.717, 1.165) is 28.0 Å². The van der Waals surface area contributed by atoms with Crippen LogP contribution in [-0.4, -0.2) is 29.7 Å². The Kier molecular flexibility index (Phi) is 3.34. The van der Waals surface area contributed by atoms with Crippen molar-refractivity contribution in [3.63, 3.8) is 0 Å². The van der Waals surface area contributed by atoms with Crippen LogP contribution in [-0.2, 0) is 13.6 Å². The predicted octanol–water partition coefficient (Wildman–Crippen LogP) is 1.95. The van der Waals surface area contributed by atoms with E-state index in [-0.39, 0.29) is 0 Å². The van der Waals surface area contributed by atoms with Crippen molar-refractivity contribution < 1.29 is 0 Å². The number of nitrogens with two attached hydrogens (primary N) is 1. The van der Waals surface area contributed by atoms with Crippen molar-refractivity contribution in [1.82, 2.24) is 29.7 Å². The molecule has 0 aliphatic rings. The Morgan fingerprint density at radius 3 is 3.00 bits per heavy atom. The summed E-state index contributed by atoms with van der Waals surface area (Å²) in [5.74, 6) is 0.903. The van der Waals surface area contributed by atoms with Gasteiger partial charge in [0.25, 0.3) is 0 Å². The maximum absolute atomic E-state index is 5.93. The largest absolute Gasteiger partial charge is 0.381 e. The van der Waals surface area contributed by atoms with Gasteiger partial charge in [0.15, 0.2) is 11.6 Å². The van der Waals surface area contributed by atoms with Crippen molar-refractivity contribution in [3.8, 4) is 11.3 Å². The van der Waals surface area contributed by atoms with Crippen LogP contribution in [0.25, 0.3) is 22.3 Å². The number of fused-ring (bicyclic) bond motifs is 1. The van der Waals surface area contributed by atoms with Crippen LogP contribution in [0.1, 0.15) is 5.69 Å². The summed E-state index contributed by atoms with van der Waals surface area (Å²) in [6, 6.07) is 5.89. The molecule has 0 saturated carbocycles. The second-order valence-corrected chi connectivity index (χ2v) is 5.48. The highest BCUT2D eigenvalue weighted by molar-refractivity contribution is 5.75. The summed E-state index contributed by atoms with van der Waals surface area (Å²) in [4.78, 5) is 16.4. The Morgan fingerprint density at radius 2 is 2.21 bits per heavy atom. The normalized spacial score (nSPS) is 11.0. The van der Waals surface area contributed by atoms with Gasteiger partial charge in [-0.25, -0.2) is 9.97 Å². The second-order valence-electron chi connectivity index (χ2n) is 5.48. The second kappa shape index (κ2) is 5.65. The zero-order valence-electron chi connectivity index (χ0n) is 13.1. The number of pyridine rings is 1. The molecule has 0 bridgehead atoms. The third-order valence-corrected chi connectivity index (χ3v) is 3.69. The first-order chi connectivity index (χ1) is 11.7. The average molecular weight is 320 g/mol. The smallest absolute Gasteiger partial charge is 0.169 e. The van der Waals surface area contributed by atoms with E-state index in [4.69, 9.17) is 5.73 Å². The van der Waals surface area contributed by atoms with Gasteiger partial charge in [-0.3, -0.25) is 9.67 Å². The maximum Gasteiger partial charge on any atom is 0.169 e. The van der Waals surface area contributed by atoms with Crippen LogP contribution in [0.15, 0.2) is 43.0 Å². The van der Waals surface area contributed by atoms with E-state index in [2.05, 4.69) is 30.4 Å². The number of nitrogen functional groups attached to an aromatic ring is 1. The van der Waals surface area contributed by atoms with Crippen LogP contribution in [0.4, 0.5) is 11.6 Å². The lowest BCUT2D eigenvalue weighted by Crippen LogP contribution is -2.07. The van der Waals surface area contributed by atoms with Gasteiger partial charge in [0, 0.05) is 30.7 Å². The van der Waals surface area contributed by atoms with Crippen LogP contribution < -0.4 is 11.1 Å². The Labute approximate surface area is 137 Å². The Hall–Kier alpha value is -3.42. The molecule has 24 heavy (non-hydrogen) atoms. The number of nitrogens with zero attached hydrogens (tertiary/aromatic N) is 5. The fraction of sp³-hybridized carbons (Fsp3) is 0.125. The first-order valence-corrected chi connectivity index (χ1v) is 7.47. The van der Waals surface area contributed by atoms with Gasteiger partial charge in [-0.1, -0.05) is 0 Å². The standard InChI is InChI=1S/C16H16N8/c1-24-9-10(6-21-24)14-8-19-15(17)16(23-14)20-7-11-5-13-12(22-11)3-2-4-18-13/h2-6,8-9,22H,7H2,1H3,(H2,17,19)(H,20,23). The quantitative estimate of drug-likeness (QED) is 0.530. The number of nitrogens with one attached hydrogen (secondary N) is 2. The van der Waals surface area contributed by atoms with E-state index in [9.17, 15) is 0 Å². The third kappa shape index (κ3) is 2.65. The fourth-order valence-electron chi connectivity index (χ4n) is 2.51. The highest BCUT2D eigenvalue weighted by atomic mass is 15.2. The summed E-state index contributed by atoms with van der Waals surface area (Å²) in [6.45, 7) is 0.547. The average Bonchev–Trinajstić information content (AvgIpc) is 3.20. The van der Waals surface area contributed by atoms with Crippen molar-refractivity contribution in [2.24, 2.45) is 7.05 Å². The lowest BCUT2D eigenvalue weighted by atomic mass is 10.3. The lowest BCUT2D eigenvalue weighted by molar-refractivity contribution is 0.768. The van der Waals surface area contributed by atoms with Gasteiger partial charge < -0.3 is 16.0 Å². The summed E-state index contributed by atoms with van der Waals surface area (Å²) in [5.41, 5.74) is 10.5. The first-order valence-electron chi connectivity index (χ1n) is 7.47.